The SMILES string of the molecule is N#CSOCc1ccccc1. The van der Waals surface area contributed by atoms with E-state index in [0.29, 0.717) is 6.61 Å². The van der Waals surface area contributed by atoms with Crippen LogP contribution in [0.4, 0.5) is 0 Å². The first kappa shape index (κ1) is 8.12. The van der Waals surface area contributed by atoms with Crippen LogP contribution in [-0.4, -0.2) is 0 Å². The lowest BCUT2D eigenvalue weighted by Crippen LogP contribution is -1.82. The van der Waals surface area contributed by atoms with E-state index in [4.69, 9.17) is 9.44 Å². The van der Waals surface area contributed by atoms with Crippen molar-refractivity contribution in [2.45, 2.75) is 6.61 Å². The van der Waals surface area contributed by atoms with Gasteiger partial charge >= 0.3 is 0 Å². The van der Waals surface area contributed by atoms with Gasteiger partial charge in [0.05, 0.1) is 6.61 Å². The number of hydrogen-bond acceptors (Lipinski definition) is 3. The average Bonchev–Trinajstić information content (AvgIpc) is 2.07. The number of benzene rings is 1. The Morgan fingerprint density at radius 2 is 2.09 bits per heavy atom. The van der Waals surface area contributed by atoms with Gasteiger partial charge in [-0.1, -0.05) is 30.3 Å². The van der Waals surface area contributed by atoms with Crippen LogP contribution >= 0.6 is 12.0 Å². The van der Waals surface area contributed by atoms with Crippen LogP contribution in [-0.2, 0) is 10.8 Å². The molecule has 0 spiro atoms. The quantitative estimate of drug-likeness (QED) is 0.391. The standard InChI is InChI=1S/C8H7NOS/c9-7-11-10-6-8-4-2-1-3-5-8/h1-5H,6H2. The third-order valence-electron chi connectivity index (χ3n) is 1.16. The van der Waals surface area contributed by atoms with Gasteiger partial charge in [0.1, 0.15) is 12.0 Å². The Bertz CT molecular complexity index is 242. The summed E-state index contributed by atoms with van der Waals surface area (Å²) in [6, 6.07) is 9.74. The van der Waals surface area contributed by atoms with E-state index in [1.165, 1.54) is 0 Å². The van der Waals surface area contributed by atoms with Gasteiger partial charge in [0, 0.05) is 0 Å². The Labute approximate surface area is 70.0 Å². The molecule has 0 amide bonds. The van der Waals surface area contributed by atoms with Gasteiger partial charge in [-0.3, -0.25) is 4.18 Å². The molecule has 0 fully saturated rings. The zero-order valence-corrected chi connectivity index (χ0v) is 6.67. The van der Waals surface area contributed by atoms with Gasteiger partial charge in [0.2, 0.25) is 0 Å². The van der Waals surface area contributed by atoms with E-state index in [1.54, 1.807) is 0 Å². The molecule has 0 saturated heterocycles. The fourth-order valence-electron chi connectivity index (χ4n) is 0.698. The van der Waals surface area contributed by atoms with Crippen LogP contribution < -0.4 is 0 Å². The van der Waals surface area contributed by atoms with E-state index in [-0.39, 0.29) is 0 Å². The lowest BCUT2D eigenvalue weighted by Gasteiger charge is -1.96. The summed E-state index contributed by atoms with van der Waals surface area (Å²) in [6.45, 7) is 0.485. The summed E-state index contributed by atoms with van der Waals surface area (Å²) in [6.07, 6.45) is 0. The third-order valence-corrected chi connectivity index (χ3v) is 1.47. The molecule has 3 heteroatoms. The van der Waals surface area contributed by atoms with Crippen LogP contribution in [0, 0.1) is 10.7 Å². The molecule has 0 atom stereocenters. The normalized spacial score (nSPS) is 9.00. The molecular formula is C8H7NOS. The maximum atomic E-state index is 8.13. The fraction of sp³-hybridized carbons (Fsp3) is 0.125. The summed E-state index contributed by atoms with van der Waals surface area (Å²) < 4.78 is 4.92. The number of thiocyanates is 1. The Morgan fingerprint density at radius 3 is 2.73 bits per heavy atom. The van der Waals surface area contributed by atoms with Crippen molar-refractivity contribution < 1.29 is 4.18 Å². The van der Waals surface area contributed by atoms with Crippen molar-refractivity contribution in [3.05, 3.63) is 35.9 Å². The molecule has 0 bridgehead atoms. The summed E-state index contributed by atoms with van der Waals surface area (Å²) >= 11 is 0.808. The summed E-state index contributed by atoms with van der Waals surface area (Å²) in [4.78, 5) is 0. The fourth-order valence-corrected chi connectivity index (χ4v) is 0.946. The van der Waals surface area contributed by atoms with Crippen molar-refractivity contribution in [3.8, 4) is 5.40 Å². The molecule has 0 saturated carbocycles. The molecule has 56 valence electrons. The number of nitrogens with zero attached hydrogens (tertiary/aromatic N) is 1. The van der Waals surface area contributed by atoms with Gasteiger partial charge in [-0.15, -0.1) is 0 Å². The smallest absolute Gasteiger partial charge is 0.163 e. The van der Waals surface area contributed by atoms with Gasteiger partial charge < -0.3 is 0 Å². The topological polar surface area (TPSA) is 33.0 Å². The van der Waals surface area contributed by atoms with E-state index in [9.17, 15) is 0 Å². The Balaban J connectivity index is 2.35. The minimum absolute atomic E-state index is 0.485. The second-order valence-electron chi connectivity index (χ2n) is 1.92. The molecule has 0 N–H and O–H groups in total. The highest BCUT2D eigenvalue weighted by Crippen LogP contribution is 2.06. The van der Waals surface area contributed by atoms with Gasteiger partial charge in [-0.2, -0.15) is 5.26 Å². The summed E-state index contributed by atoms with van der Waals surface area (Å²) in [5.74, 6) is 0. The van der Waals surface area contributed by atoms with E-state index >= 15 is 0 Å². The van der Waals surface area contributed by atoms with Crippen molar-refractivity contribution in [1.29, 1.82) is 5.26 Å². The minimum Gasteiger partial charge on any atom is -0.297 e. The maximum absolute atomic E-state index is 8.13. The van der Waals surface area contributed by atoms with Gasteiger partial charge in [-0.05, 0) is 5.56 Å². The van der Waals surface area contributed by atoms with E-state index in [0.717, 1.165) is 17.6 Å². The largest absolute Gasteiger partial charge is 0.297 e. The van der Waals surface area contributed by atoms with E-state index in [2.05, 4.69) is 0 Å². The van der Waals surface area contributed by atoms with Gasteiger partial charge in [0.15, 0.2) is 5.40 Å². The zero-order valence-electron chi connectivity index (χ0n) is 5.86. The summed E-state index contributed by atoms with van der Waals surface area (Å²) in [5.41, 5.74) is 1.08. The number of rotatable bonds is 3. The molecular weight excluding hydrogens is 158 g/mol. The number of hydrogen-bond donors (Lipinski definition) is 0. The van der Waals surface area contributed by atoms with Crippen molar-refractivity contribution in [3.63, 3.8) is 0 Å². The highest BCUT2D eigenvalue weighted by molar-refractivity contribution is 7.99. The van der Waals surface area contributed by atoms with Crippen LogP contribution in [0.2, 0.25) is 0 Å². The van der Waals surface area contributed by atoms with Crippen LogP contribution in [0.15, 0.2) is 30.3 Å². The summed E-state index contributed by atoms with van der Waals surface area (Å²) in [7, 11) is 0. The van der Waals surface area contributed by atoms with Crippen LogP contribution in [0.1, 0.15) is 5.56 Å². The molecule has 0 aliphatic rings. The van der Waals surface area contributed by atoms with E-state index in [1.807, 2.05) is 35.7 Å². The molecule has 0 aliphatic carbocycles. The average molecular weight is 165 g/mol. The Kier molecular flexibility index (Phi) is 3.53. The minimum atomic E-state index is 0.485. The van der Waals surface area contributed by atoms with Crippen molar-refractivity contribution in [2.75, 3.05) is 0 Å². The first-order valence-electron chi connectivity index (χ1n) is 3.15. The molecule has 0 unspecified atom stereocenters. The monoisotopic (exact) mass is 165 g/mol. The molecule has 1 aromatic carbocycles. The Hall–Kier alpha value is -0.980. The van der Waals surface area contributed by atoms with Crippen LogP contribution in [0.3, 0.4) is 0 Å². The highest BCUT2D eigenvalue weighted by Gasteiger charge is 1.89. The zero-order chi connectivity index (χ0) is 7.94. The molecule has 0 aromatic heterocycles. The van der Waals surface area contributed by atoms with Crippen LogP contribution in [0.5, 0.6) is 0 Å². The predicted octanol–water partition coefficient (Wildman–Crippen LogP) is 2.33. The second kappa shape index (κ2) is 4.78. The summed E-state index contributed by atoms with van der Waals surface area (Å²) in [5, 5.41) is 9.96. The first-order valence-corrected chi connectivity index (χ1v) is 3.89. The molecule has 0 aliphatic heterocycles. The van der Waals surface area contributed by atoms with Gasteiger partial charge in [-0.25, -0.2) is 0 Å². The number of nitriles is 1. The molecule has 1 rings (SSSR count). The second-order valence-corrected chi connectivity index (χ2v) is 2.51. The van der Waals surface area contributed by atoms with Crippen molar-refractivity contribution in [2.24, 2.45) is 0 Å². The van der Waals surface area contributed by atoms with E-state index < -0.39 is 0 Å². The Morgan fingerprint density at radius 1 is 1.36 bits per heavy atom. The molecule has 0 radical (unpaired) electrons. The van der Waals surface area contributed by atoms with Crippen molar-refractivity contribution in [1.82, 2.24) is 0 Å². The molecule has 1 aromatic rings. The highest BCUT2D eigenvalue weighted by atomic mass is 32.2. The molecule has 0 heterocycles. The lowest BCUT2D eigenvalue weighted by molar-refractivity contribution is 0.367. The van der Waals surface area contributed by atoms with Crippen LogP contribution in [0.25, 0.3) is 0 Å². The maximum Gasteiger partial charge on any atom is 0.163 e. The van der Waals surface area contributed by atoms with Crippen molar-refractivity contribution >= 4 is 12.0 Å². The lowest BCUT2D eigenvalue weighted by atomic mass is 10.2. The third kappa shape index (κ3) is 3.08. The first-order chi connectivity index (χ1) is 5.43. The van der Waals surface area contributed by atoms with Gasteiger partial charge in [0.25, 0.3) is 0 Å². The molecule has 2 nitrogen and oxygen atoms in total. The predicted molar refractivity (Wildman–Crippen MR) is 44.4 cm³/mol. The molecule has 11 heavy (non-hydrogen) atoms.